The normalized spacial score (nSPS) is 12.9. The molecule has 1 amide bonds. The van der Waals surface area contributed by atoms with Gasteiger partial charge in [-0.15, -0.1) is 0 Å². The summed E-state index contributed by atoms with van der Waals surface area (Å²) in [6.07, 6.45) is 93.1. The number of amides is 1. The van der Waals surface area contributed by atoms with Crippen LogP contribution < -0.4 is 5.32 Å². The Hall–Kier alpha value is -2.44. The van der Waals surface area contributed by atoms with Crippen molar-refractivity contribution in [1.82, 2.24) is 5.32 Å². The lowest BCUT2D eigenvalue weighted by Crippen LogP contribution is -2.45. The van der Waals surface area contributed by atoms with E-state index in [1.54, 1.807) is 6.08 Å². The van der Waals surface area contributed by atoms with Crippen LogP contribution in [0, 0.1) is 0 Å². The highest BCUT2D eigenvalue weighted by atomic mass is 16.5. The summed E-state index contributed by atoms with van der Waals surface area (Å²) in [6.45, 7) is 4.89. The van der Waals surface area contributed by atoms with Gasteiger partial charge in [0.1, 0.15) is 0 Å². The highest BCUT2D eigenvalue weighted by Gasteiger charge is 2.18. The molecular weight excluding hydrogens is 995 g/mol. The molecule has 2 atom stereocenters. The molecule has 0 aromatic carbocycles. The Bertz CT molecular complexity index is 1400. The van der Waals surface area contributed by atoms with Crippen molar-refractivity contribution in [2.75, 3.05) is 13.2 Å². The number of hydrogen-bond acceptors (Lipinski definition) is 5. The Morgan fingerprint density at radius 1 is 0.346 bits per heavy atom. The van der Waals surface area contributed by atoms with E-state index in [0.29, 0.717) is 19.4 Å². The van der Waals surface area contributed by atoms with Crippen molar-refractivity contribution in [2.24, 2.45) is 0 Å². The molecule has 0 rings (SSSR count). The minimum absolute atomic E-state index is 0.00232. The maximum atomic E-state index is 12.5. The highest BCUT2D eigenvalue weighted by molar-refractivity contribution is 5.76. The zero-order valence-electron chi connectivity index (χ0n) is 54.3. The number of aliphatic hydroxyl groups excluding tert-OH is 2. The Morgan fingerprint density at radius 2 is 0.617 bits per heavy atom. The number of aliphatic hydroxyl groups is 2. The third kappa shape index (κ3) is 66.6. The molecule has 0 aliphatic carbocycles. The zero-order chi connectivity index (χ0) is 58.5. The van der Waals surface area contributed by atoms with Gasteiger partial charge in [-0.25, -0.2) is 0 Å². The van der Waals surface area contributed by atoms with Crippen molar-refractivity contribution in [2.45, 2.75) is 392 Å². The molecule has 6 heteroatoms. The Labute approximate surface area is 505 Å². The van der Waals surface area contributed by atoms with Crippen LogP contribution in [0.25, 0.3) is 0 Å². The van der Waals surface area contributed by atoms with Crippen LogP contribution in [0.5, 0.6) is 0 Å². The van der Waals surface area contributed by atoms with Gasteiger partial charge >= 0.3 is 5.97 Å². The summed E-state index contributed by atoms with van der Waals surface area (Å²) in [7, 11) is 0. The second-order valence-electron chi connectivity index (χ2n) is 24.6. The molecule has 0 spiro atoms. The average molecular weight is 1130 g/mol. The monoisotopic (exact) mass is 1130 g/mol. The third-order valence-electron chi connectivity index (χ3n) is 16.5. The molecule has 6 nitrogen and oxygen atoms in total. The van der Waals surface area contributed by atoms with E-state index in [-0.39, 0.29) is 18.5 Å². The van der Waals surface area contributed by atoms with Gasteiger partial charge in [-0.3, -0.25) is 9.59 Å². The molecule has 474 valence electrons. The van der Waals surface area contributed by atoms with Crippen molar-refractivity contribution in [3.8, 4) is 0 Å². The van der Waals surface area contributed by atoms with Crippen molar-refractivity contribution in [1.29, 1.82) is 0 Å². The highest BCUT2D eigenvalue weighted by Crippen LogP contribution is 2.18. The van der Waals surface area contributed by atoms with Crippen LogP contribution >= 0.6 is 0 Å². The molecule has 2 unspecified atom stereocenters. The Kier molecular flexibility index (Phi) is 67.9. The maximum absolute atomic E-state index is 12.5. The van der Waals surface area contributed by atoms with E-state index in [0.717, 1.165) is 57.8 Å². The fourth-order valence-corrected chi connectivity index (χ4v) is 11.0. The van der Waals surface area contributed by atoms with Crippen LogP contribution in [0.15, 0.2) is 60.8 Å². The smallest absolute Gasteiger partial charge is 0.305 e. The van der Waals surface area contributed by atoms with Crippen molar-refractivity contribution < 1.29 is 24.5 Å². The topological polar surface area (TPSA) is 95.9 Å². The summed E-state index contributed by atoms with van der Waals surface area (Å²) in [4.78, 5) is 24.5. The molecule has 0 aromatic rings. The zero-order valence-corrected chi connectivity index (χ0v) is 54.3. The summed E-state index contributed by atoms with van der Waals surface area (Å²) < 4.78 is 5.48. The summed E-state index contributed by atoms with van der Waals surface area (Å²) in [6, 6.07) is -0.626. The summed E-state index contributed by atoms with van der Waals surface area (Å²) >= 11 is 0. The fourth-order valence-electron chi connectivity index (χ4n) is 11.0. The van der Waals surface area contributed by atoms with Crippen molar-refractivity contribution >= 4 is 11.9 Å². The van der Waals surface area contributed by atoms with Gasteiger partial charge < -0.3 is 20.3 Å². The predicted octanol–water partition coefficient (Wildman–Crippen LogP) is 23.4. The lowest BCUT2D eigenvalue weighted by Gasteiger charge is -2.20. The largest absolute Gasteiger partial charge is 0.466 e. The molecule has 0 radical (unpaired) electrons. The van der Waals surface area contributed by atoms with E-state index in [1.165, 1.54) is 295 Å². The summed E-state index contributed by atoms with van der Waals surface area (Å²) in [5.74, 6) is -0.0622. The quantitative estimate of drug-likeness (QED) is 0.0320. The molecule has 0 saturated heterocycles. The van der Waals surface area contributed by atoms with Gasteiger partial charge in [0, 0.05) is 12.8 Å². The van der Waals surface area contributed by atoms with Crippen LogP contribution in [0.4, 0.5) is 0 Å². The molecule has 0 aromatic heterocycles. The lowest BCUT2D eigenvalue weighted by molar-refractivity contribution is -0.143. The van der Waals surface area contributed by atoms with E-state index < -0.39 is 12.1 Å². The minimum Gasteiger partial charge on any atom is -0.466 e. The van der Waals surface area contributed by atoms with Gasteiger partial charge in [0.2, 0.25) is 5.91 Å². The van der Waals surface area contributed by atoms with Gasteiger partial charge in [0.05, 0.1) is 25.4 Å². The minimum atomic E-state index is -0.843. The second-order valence-corrected chi connectivity index (χ2v) is 24.6. The maximum Gasteiger partial charge on any atom is 0.305 e. The number of unbranched alkanes of at least 4 members (excludes halogenated alkanes) is 48. The Morgan fingerprint density at radius 3 is 0.963 bits per heavy atom. The number of carbonyl (C=O) groups excluding carboxylic acids is 2. The van der Waals surface area contributed by atoms with Crippen LogP contribution in [0.1, 0.15) is 380 Å². The number of ether oxygens (including phenoxy) is 1. The van der Waals surface area contributed by atoms with Gasteiger partial charge in [0.15, 0.2) is 0 Å². The first-order valence-corrected chi connectivity index (χ1v) is 36.1. The number of esters is 1. The Balaban J connectivity index is 3.39. The van der Waals surface area contributed by atoms with Gasteiger partial charge in [0.25, 0.3) is 0 Å². The number of hydrogen-bond donors (Lipinski definition) is 3. The van der Waals surface area contributed by atoms with Crippen LogP contribution in [-0.2, 0) is 14.3 Å². The average Bonchev–Trinajstić information content (AvgIpc) is 3.47. The lowest BCUT2D eigenvalue weighted by atomic mass is 10.0. The third-order valence-corrected chi connectivity index (χ3v) is 16.5. The van der Waals surface area contributed by atoms with E-state index in [1.807, 2.05) is 6.08 Å². The van der Waals surface area contributed by atoms with E-state index in [4.69, 9.17) is 4.74 Å². The summed E-state index contributed by atoms with van der Waals surface area (Å²) in [5.41, 5.74) is 0. The standard InChI is InChI=1S/C75H139NO5/c1-3-5-7-9-11-13-15-17-40-45-49-53-57-61-65-69-75(80)81-70-66-62-58-54-50-46-42-39-37-35-33-31-29-27-25-23-21-19-20-22-24-26-28-30-32-34-36-38-41-44-48-52-56-60-64-68-74(79)76-72(71-77)73(78)67-63-59-55-51-47-43-18-16-14-12-10-8-6-4-2/h11,13,17,21,23,27,29,40,63,67,72-73,77-78H,3-10,12,14-16,18-20,22,24-26,28,30-39,41-62,64-66,68-71H2,1-2H3,(H,76,79)/b13-11-,23-21-,29-27-,40-17-,67-63+. The van der Waals surface area contributed by atoms with Crippen LogP contribution in [0.2, 0.25) is 0 Å². The number of allylic oxidation sites excluding steroid dienone is 9. The predicted molar refractivity (Wildman–Crippen MR) is 356 cm³/mol. The first-order chi connectivity index (χ1) is 40.0. The van der Waals surface area contributed by atoms with E-state index in [2.05, 4.69) is 67.8 Å². The molecule has 0 aliphatic heterocycles. The SMILES string of the molecule is CCCCC/C=C\C/C=C\CCCCCCCC(=O)OCCCCCCCCCCCCC/C=C\C/C=C\CCCCCCCCCCCCCCCCCCCC(=O)NC(CO)C(O)/C=C/CCCCCCCCCCCCCC. The van der Waals surface area contributed by atoms with Crippen LogP contribution in [0.3, 0.4) is 0 Å². The van der Waals surface area contributed by atoms with E-state index >= 15 is 0 Å². The molecule has 0 heterocycles. The molecule has 81 heavy (non-hydrogen) atoms. The molecular formula is C75H139NO5. The van der Waals surface area contributed by atoms with Gasteiger partial charge in [-0.05, 0) is 96.3 Å². The van der Waals surface area contributed by atoms with Crippen LogP contribution in [-0.4, -0.2) is 47.4 Å². The second kappa shape index (κ2) is 70.0. The number of carbonyl (C=O) groups is 2. The van der Waals surface area contributed by atoms with Gasteiger partial charge in [-0.1, -0.05) is 331 Å². The first kappa shape index (κ1) is 78.6. The summed E-state index contributed by atoms with van der Waals surface area (Å²) in [5, 5.41) is 23.1. The van der Waals surface area contributed by atoms with Gasteiger partial charge in [-0.2, -0.15) is 0 Å². The molecule has 3 N–H and O–H groups in total. The first-order valence-electron chi connectivity index (χ1n) is 36.1. The molecule has 0 bridgehead atoms. The molecule has 0 aliphatic rings. The molecule has 0 fully saturated rings. The van der Waals surface area contributed by atoms with Crippen molar-refractivity contribution in [3.05, 3.63) is 60.8 Å². The van der Waals surface area contributed by atoms with Crippen molar-refractivity contribution in [3.63, 3.8) is 0 Å². The fraction of sp³-hybridized carbons (Fsp3) is 0.840. The van der Waals surface area contributed by atoms with E-state index in [9.17, 15) is 19.8 Å². The number of rotatable bonds is 67. The number of nitrogens with one attached hydrogen (secondary N) is 1. The molecule has 0 saturated carbocycles.